The molecule has 0 spiro atoms. The molecule has 0 bridgehead atoms. The second-order valence-corrected chi connectivity index (χ2v) is 5.82. The number of benzene rings is 1. The number of phenols is 1. The predicted octanol–water partition coefficient (Wildman–Crippen LogP) is -0.179. The number of hydrogen-bond donors (Lipinski definition) is 6. The molecule has 0 radical (unpaired) electrons. The molecule has 0 unspecified atom stereocenters. The Hall–Kier alpha value is -3.97. The minimum atomic E-state index is -1.23. The summed E-state index contributed by atoms with van der Waals surface area (Å²) in [7, 11) is 0. The molecule has 0 aliphatic rings. The highest BCUT2D eigenvalue weighted by atomic mass is 16.4. The maximum atomic E-state index is 10.6. The van der Waals surface area contributed by atoms with E-state index in [0.29, 0.717) is 0 Å². The summed E-state index contributed by atoms with van der Waals surface area (Å²) < 4.78 is 0. The Bertz CT molecular complexity index is 714. The van der Waals surface area contributed by atoms with Gasteiger partial charge in [0.2, 0.25) is 0 Å². The fourth-order valence-corrected chi connectivity index (χ4v) is 2.13. The highest BCUT2D eigenvalue weighted by Gasteiger charge is 2.18. The molecule has 32 heavy (non-hydrogen) atoms. The highest BCUT2D eigenvalue weighted by Crippen LogP contribution is 2.14. The van der Waals surface area contributed by atoms with Gasteiger partial charge in [0.15, 0.2) is 0 Å². The van der Waals surface area contributed by atoms with Crippen LogP contribution in [0.3, 0.4) is 0 Å². The maximum Gasteiger partial charge on any atom is 0.339 e. The van der Waals surface area contributed by atoms with Gasteiger partial charge >= 0.3 is 29.8 Å². The van der Waals surface area contributed by atoms with Crippen LogP contribution in [0.1, 0.15) is 10.4 Å². The predicted molar refractivity (Wildman–Crippen MR) is 110 cm³/mol. The monoisotopic (exact) mass is 458 g/mol. The molecule has 0 aliphatic carbocycles. The fourth-order valence-electron chi connectivity index (χ4n) is 2.13. The summed E-state index contributed by atoms with van der Waals surface area (Å²) in [6, 6.07) is 5.81. The topological polar surface area (TPSA) is 213 Å². The van der Waals surface area contributed by atoms with Gasteiger partial charge in [-0.15, -0.1) is 13.2 Å². The number of carboxylic acid groups (broad SMARTS) is 5. The number of aromatic hydroxyl groups is 1. The minimum Gasteiger partial charge on any atom is -0.507 e. The fraction of sp³-hybridized carbons (Fsp3) is 0.316. The van der Waals surface area contributed by atoms with Crippen molar-refractivity contribution in [3.05, 3.63) is 43.0 Å². The smallest absolute Gasteiger partial charge is 0.339 e. The molecule has 0 aromatic heterocycles. The molecule has 13 nitrogen and oxygen atoms in total. The van der Waals surface area contributed by atoms with E-state index in [1.807, 2.05) is 0 Å². The van der Waals surface area contributed by atoms with Gasteiger partial charge in [-0.25, -0.2) is 4.79 Å². The van der Waals surface area contributed by atoms with Crippen molar-refractivity contribution >= 4 is 29.8 Å². The normalized spacial score (nSPS) is 9.69. The van der Waals surface area contributed by atoms with Crippen LogP contribution < -0.4 is 0 Å². The number of aromatic carboxylic acids is 1. The molecule has 6 N–H and O–H groups in total. The van der Waals surface area contributed by atoms with Gasteiger partial charge in [0.25, 0.3) is 0 Å². The van der Waals surface area contributed by atoms with Crippen LogP contribution in [-0.4, -0.2) is 110 Å². The molecule has 0 heterocycles. The zero-order valence-corrected chi connectivity index (χ0v) is 17.1. The van der Waals surface area contributed by atoms with Crippen LogP contribution in [0.2, 0.25) is 0 Å². The first-order valence-corrected chi connectivity index (χ1v) is 8.75. The van der Waals surface area contributed by atoms with Crippen LogP contribution in [0.15, 0.2) is 37.4 Å². The van der Waals surface area contributed by atoms with Crippen LogP contribution in [0, 0.1) is 0 Å². The van der Waals surface area contributed by atoms with E-state index >= 15 is 0 Å². The number of para-hydroxylation sites is 1. The van der Waals surface area contributed by atoms with E-state index in [-0.39, 0.29) is 24.4 Å². The van der Waals surface area contributed by atoms with Crippen LogP contribution in [0.5, 0.6) is 5.75 Å². The molecular formula is C19H26N2O11. The van der Waals surface area contributed by atoms with E-state index < -0.39 is 56.0 Å². The number of aliphatic carboxylic acids is 4. The molecule has 178 valence electrons. The Morgan fingerprint density at radius 2 is 0.969 bits per heavy atom. The van der Waals surface area contributed by atoms with Crippen LogP contribution in [-0.2, 0) is 19.2 Å². The Morgan fingerprint density at radius 1 is 0.656 bits per heavy atom. The second-order valence-electron chi connectivity index (χ2n) is 5.82. The molecule has 0 aliphatic heterocycles. The average Bonchev–Trinajstić information content (AvgIpc) is 2.66. The van der Waals surface area contributed by atoms with E-state index in [1.165, 1.54) is 12.1 Å². The molecule has 0 saturated heterocycles. The Morgan fingerprint density at radius 3 is 1.19 bits per heavy atom. The van der Waals surface area contributed by atoms with E-state index in [1.54, 1.807) is 12.1 Å². The lowest BCUT2D eigenvalue weighted by Crippen LogP contribution is -2.43. The molecule has 0 fully saturated rings. The minimum absolute atomic E-state index is 0.0671. The van der Waals surface area contributed by atoms with Crippen molar-refractivity contribution in [2.75, 3.05) is 39.3 Å². The largest absolute Gasteiger partial charge is 0.507 e. The molecule has 0 amide bonds. The Kier molecular flexibility index (Phi) is 15.9. The van der Waals surface area contributed by atoms with E-state index in [4.69, 9.17) is 30.6 Å². The summed E-state index contributed by atoms with van der Waals surface area (Å²) in [5.41, 5.74) is -0.0671. The van der Waals surface area contributed by atoms with Gasteiger partial charge in [0, 0.05) is 13.1 Å². The van der Waals surface area contributed by atoms with Crippen molar-refractivity contribution < 1.29 is 54.6 Å². The zero-order chi connectivity index (χ0) is 25.3. The molecule has 0 atom stereocenters. The number of carbonyl (C=O) groups is 5. The number of rotatable bonds is 12. The number of hydrogen-bond acceptors (Lipinski definition) is 8. The van der Waals surface area contributed by atoms with Crippen molar-refractivity contribution in [3.63, 3.8) is 0 Å². The lowest BCUT2D eigenvalue weighted by atomic mass is 10.2. The van der Waals surface area contributed by atoms with Gasteiger partial charge in [-0.05, 0) is 12.1 Å². The van der Waals surface area contributed by atoms with Gasteiger partial charge in [-0.1, -0.05) is 12.1 Å². The molecule has 1 rings (SSSR count). The van der Waals surface area contributed by atoms with Gasteiger partial charge in [-0.2, -0.15) is 0 Å². The Balaban J connectivity index is 0. The van der Waals surface area contributed by atoms with E-state index in [2.05, 4.69) is 13.2 Å². The molecule has 1 aromatic carbocycles. The summed E-state index contributed by atoms with van der Waals surface area (Å²) in [5.74, 6) is -6.22. The third kappa shape index (κ3) is 15.9. The maximum absolute atomic E-state index is 10.6. The lowest BCUT2D eigenvalue weighted by Gasteiger charge is -2.23. The first kappa shape index (κ1) is 30.2. The summed E-state index contributed by atoms with van der Waals surface area (Å²) in [6.07, 6.45) is 0. The third-order valence-corrected chi connectivity index (χ3v) is 3.30. The molecular weight excluding hydrogens is 432 g/mol. The molecule has 0 saturated carbocycles. The third-order valence-electron chi connectivity index (χ3n) is 3.30. The number of nitrogens with zero attached hydrogens (tertiary/aromatic N) is 2. The van der Waals surface area contributed by atoms with Gasteiger partial charge in [0.1, 0.15) is 11.3 Å². The average molecular weight is 458 g/mol. The van der Waals surface area contributed by atoms with Gasteiger partial charge < -0.3 is 30.6 Å². The van der Waals surface area contributed by atoms with Crippen molar-refractivity contribution in [2.24, 2.45) is 0 Å². The standard InChI is InChI=1S/C10H16N2O8.C7H6O3.C2H4/c13-7(14)3-11(4-8(15)16)1-2-12(5-9(17)18)6-10(19)20;8-6-4-2-1-3-5(6)7(9)10;1-2/h1-6H2,(H,13,14)(H,15,16)(H,17,18)(H,19,20);1-4,8H,(H,9,10);1-2H2. The highest BCUT2D eigenvalue weighted by molar-refractivity contribution is 5.90. The van der Waals surface area contributed by atoms with E-state index in [9.17, 15) is 24.0 Å². The Labute approximate surface area is 183 Å². The van der Waals surface area contributed by atoms with Crippen LogP contribution in [0.4, 0.5) is 0 Å². The second kappa shape index (κ2) is 16.8. The first-order chi connectivity index (χ1) is 14.9. The summed E-state index contributed by atoms with van der Waals surface area (Å²) >= 11 is 0. The zero-order valence-electron chi connectivity index (χ0n) is 17.1. The van der Waals surface area contributed by atoms with Crippen molar-refractivity contribution in [3.8, 4) is 5.75 Å². The van der Waals surface area contributed by atoms with Crippen LogP contribution in [0.25, 0.3) is 0 Å². The SMILES string of the molecule is C=C.O=C(O)CN(CCN(CC(=O)O)CC(=O)O)CC(=O)O.O=C(O)c1ccccc1O. The van der Waals surface area contributed by atoms with Crippen molar-refractivity contribution in [1.29, 1.82) is 0 Å². The summed E-state index contributed by atoms with van der Waals surface area (Å²) in [5, 5.41) is 51.8. The molecule has 1 aromatic rings. The van der Waals surface area contributed by atoms with Gasteiger partial charge in [0.05, 0.1) is 26.2 Å². The van der Waals surface area contributed by atoms with Crippen molar-refractivity contribution in [2.45, 2.75) is 0 Å². The quantitative estimate of drug-likeness (QED) is 0.225. The molecule has 13 heteroatoms. The lowest BCUT2D eigenvalue weighted by molar-refractivity contribution is -0.145. The van der Waals surface area contributed by atoms with E-state index in [0.717, 1.165) is 9.80 Å². The first-order valence-electron chi connectivity index (χ1n) is 8.75. The van der Waals surface area contributed by atoms with Crippen molar-refractivity contribution in [1.82, 2.24) is 9.80 Å². The summed E-state index contributed by atoms with van der Waals surface area (Å²) in [6.45, 7) is 3.75. The summed E-state index contributed by atoms with van der Waals surface area (Å²) in [4.78, 5) is 54.6. The van der Waals surface area contributed by atoms with Gasteiger partial charge in [-0.3, -0.25) is 29.0 Å². The van der Waals surface area contributed by atoms with Crippen LogP contribution >= 0.6 is 0 Å². The number of carboxylic acids is 5.